The van der Waals surface area contributed by atoms with E-state index in [1.165, 1.54) is 28.0 Å². The first kappa shape index (κ1) is 59.9. The number of hydrogen-bond acceptors (Lipinski definition) is 14. The van der Waals surface area contributed by atoms with Crippen LogP contribution in [0.5, 0.6) is 5.75 Å². The van der Waals surface area contributed by atoms with Gasteiger partial charge in [0.2, 0.25) is 11.8 Å². The summed E-state index contributed by atoms with van der Waals surface area (Å²) in [6.07, 6.45) is 6.67. The number of carboxylic acids is 1. The van der Waals surface area contributed by atoms with Gasteiger partial charge in [-0.05, 0) is 135 Å². The normalized spacial score (nSPS) is 16.7. The number of aliphatic hydroxyl groups excluding tert-OH is 1. The van der Waals surface area contributed by atoms with Gasteiger partial charge >= 0.3 is 5.97 Å². The number of para-hydroxylation sites is 1. The largest absolute Gasteiger partial charge is 0.493 e. The van der Waals surface area contributed by atoms with Gasteiger partial charge in [-0.15, -0.1) is 11.3 Å². The maximum absolute atomic E-state index is 15.1. The summed E-state index contributed by atoms with van der Waals surface area (Å²) < 4.78 is 21.5. The van der Waals surface area contributed by atoms with Crippen LogP contribution in [0.3, 0.4) is 0 Å². The number of carbonyl (C=O) groups is 5. The van der Waals surface area contributed by atoms with E-state index in [0.29, 0.717) is 59.7 Å². The molecule has 2 fully saturated rings. The zero-order chi connectivity index (χ0) is 59.1. The first-order chi connectivity index (χ1) is 40.5. The van der Waals surface area contributed by atoms with E-state index in [0.717, 1.165) is 99.1 Å². The molecule has 3 atom stereocenters. The number of nitrogens with one attached hydrogen (secondary N) is 3. The molecule has 20 heteroatoms. The van der Waals surface area contributed by atoms with E-state index in [1.54, 1.807) is 16.8 Å². The third-order valence-corrected chi connectivity index (χ3v) is 19.5. The molecule has 0 radical (unpaired) electrons. The van der Waals surface area contributed by atoms with E-state index in [4.69, 9.17) is 9.72 Å². The van der Waals surface area contributed by atoms with Crippen molar-refractivity contribution in [2.45, 2.75) is 140 Å². The zero-order valence-electron chi connectivity index (χ0n) is 47.8. The van der Waals surface area contributed by atoms with Crippen molar-refractivity contribution >= 4 is 85.2 Å². The number of aryl methyl sites for hydroxylation is 1. The number of rotatable bonds is 25. The number of benzene rings is 4. The number of carbonyl (C=O) groups excluding carboxylic acids is 4. The molecule has 84 heavy (non-hydrogen) atoms. The molecule has 10 rings (SSSR count). The molecule has 0 bridgehead atoms. The van der Waals surface area contributed by atoms with Crippen LogP contribution >= 0.6 is 34.4 Å². The fourth-order valence-electron chi connectivity index (χ4n) is 11.1. The fourth-order valence-corrected chi connectivity index (χ4v) is 14.0. The lowest BCUT2D eigenvalue weighted by molar-refractivity contribution is -0.143. The summed E-state index contributed by atoms with van der Waals surface area (Å²) in [6, 6.07) is 28.5. The summed E-state index contributed by atoms with van der Waals surface area (Å²) in [5.41, 5.74) is 7.90. The predicted octanol–water partition coefficient (Wildman–Crippen LogP) is 11.5. The Morgan fingerprint density at radius 2 is 1.63 bits per heavy atom. The van der Waals surface area contributed by atoms with Crippen LogP contribution in [0.15, 0.2) is 103 Å². The number of ether oxygens (including phenoxy) is 1. The van der Waals surface area contributed by atoms with Gasteiger partial charge in [-0.1, -0.05) is 104 Å². The highest BCUT2D eigenvalue weighted by Crippen LogP contribution is 2.42. The van der Waals surface area contributed by atoms with E-state index in [9.17, 15) is 34.2 Å². The fraction of sp³-hybridized carbons (Fsp3) is 0.406. The average molecular weight is 1200 g/mol. The summed E-state index contributed by atoms with van der Waals surface area (Å²) in [5.74, 6) is -1.25. The Morgan fingerprint density at radius 3 is 2.37 bits per heavy atom. The van der Waals surface area contributed by atoms with Crippen molar-refractivity contribution in [1.82, 2.24) is 30.5 Å². The number of aliphatic hydroxyl groups is 1. The minimum Gasteiger partial charge on any atom is -0.493 e. The molecule has 5 N–H and O–H groups in total. The van der Waals surface area contributed by atoms with Crippen molar-refractivity contribution in [3.63, 3.8) is 0 Å². The minimum atomic E-state index is -2.01. The van der Waals surface area contributed by atoms with Crippen molar-refractivity contribution in [3.8, 4) is 27.3 Å². The molecular weight excluding hydrogens is 1120 g/mol. The number of carboxylic acid groups (broad SMARTS) is 1. The van der Waals surface area contributed by atoms with Crippen molar-refractivity contribution in [2.75, 3.05) is 35.7 Å². The third kappa shape index (κ3) is 13.9. The second kappa shape index (κ2) is 26.3. The number of hydrogen-bond donors (Lipinski definition) is 5. The number of aromatic nitrogens is 3. The van der Waals surface area contributed by atoms with E-state index in [-0.39, 0.29) is 44.0 Å². The first-order valence-electron chi connectivity index (χ1n) is 28.9. The van der Waals surface area contributed by atoms with Crippen LogP contribution in [0, 0.1) is 13.8 Å². The van der Waals surface area contributed by atoms with Gasteiger partial charge in [0.15, 0.2) is 16.5 Å². The highest BCUT2D eigenvalue weighted by atomic mass is 32.2. The molecule has 2 aliphatic heterocycles. The number of unbranched alkanes of at least 4 members (excludes halogenated alkanes) is 6. The second-order valence-electron chi connectivity index (χ2n) is 22.6. The number of anilines is 2. The summed E-state index contributed by atoms with van der Waals surface area (Å²) in [5, 5.41) is 30.5. The molecule has 1 saturated carbocycles. The molecule has 1 saturated heterocycles. The van der Waals surface area contributed by atoms with Crippen molar-refractivity contribution < 1.29 is 43.3 Å². The van der Waals surface area contributed by atoms with Gasteiger partial charge in [0.1, 0.15) is 23.7 Å². The molecular formula is C64H71FN8O8S3. The summed E-state index contributed by atoms with van der Waals surface area (Å²) in [7, 11) is 0. The Bertz CT molecular complexity index is 3520. The number of thiazole rings is 2. The molecule has 440 valence electrons. The number of halogens is 1. The van der Waals surface area contributed by atoms with E-state index < -0.39 is 52.3 Å². The number of pyridine rings is 1. The minimum absolute atomic E-state index is 0.0483. The van der Waals surface area contributed by atoms with Gasteiger partial charge in [-0.3, -0.25) is 24.5 Å². The molecule has 1 aliphatic carbocycles. The summed E-state index contributed by atoms with van der Waals surface area (Å²) in [4.78, 5) is 85.9. The van der Waals surface area contributed by atoms with Crippen LogP contribution < -0.4 is 25.6 Å². The standard InChI is InChI=1S/C64H71FN8O8S3/c1-39-45(46-26-27-53(69-54(46)60(78)79)72-31-28-42-16-14-18-47(48(42)37-72)57(75)71-62-68-49-19-10-11-21-52(49)84-62)17-15-20-51(39)81-32-12-8-6-5-7-9-13-33-83-63(3,4)56(70-61(80)64(65)29-30-64)59(77)73-36-44(74)34-50(73)58(76)66-35-41-22-24-43(25-23-41)55-40(2)67-38-82-55/h10-11,14-27,38,44,50,56,74H,5-9,12-13,28-37H2,1-4H3,(H,66,76)(H,70,80)(H,78,79)(H,68,71,75)/t44-,50+,56-/m1/s1. The third-order valence-electron chi connectivity index (χ3n) is 16.1. The summed E-state index contributed by atoms with van der Waals surface area (Å²) >= 11 is 4.51. The Morgan fingerprint density at radius 1 is 0.881 bits per heavy atom. The van der Waals surface area contributed by atoms with Gasteiger partial charge in [0, 0.05) is 48.5 Å². The zero-order valence-corrected chi connectivity index (χ0v) is 50.2. The van der Waals surface area contributed by atoms with Gasteiger partial charge in [0.25, 0.3) is 11.8 Å². The highest BCUT2D eigenvalue weighted by molar-refractivity contribution is 8.00. The second-order valence-corrected chi connectivity index (χ2v) is 26.2. The Balaban J connectivity index is 0.668. The van der Waals surface area contributed by atoms with Crippen molar-refractivity contribution in [2.24, 2.45) is 0 Å². The molecule has 0 spiro atoms. The number of fused-ring (bicyclic) bond motifs is 2. The first-order valence-corrected chi connectivity index (χ1v) is 31.5. The lowest BCUT2D eigenvalue weighted by atomic mass is 9.94. The molecule has 5 heterocycles. The number of β-amino-alcohol motifs (C(OH)–C–C–N with tert-alkyl or cyclic N) is 1. The smallest absolute Gasteiger partial charge is 0.355 e. The van der Waals surface area contributed by atoms with Crippen molar-refractivity contribution in [1.29, 1.82) is 0 Å². The number of aromatic carboxylic acids is 1. The average Bonchev–Trinajstić information content (AvgIpc) is 3.90. The molecule has 7 aromatic rings. The van der Waals surface area contributed by atoms with Crippen LogP contribution in [-0.2, 0) is 33.9 Å². The molecule has 0 unspecified atom stereocenters. The molecule has 16 nitrogen and oxygen atoms in total. The van der Waals surface area contributed by atoms with Gasteiger partial charge < -0.3 is 35.4 Å². The molecule has 3 aromatic heterocycles. The lowest BCUT2D eigenvalue weighted by Gasteiger charge is -2.37. The molecule has 4 amide bonds. The van der Waals surface area contributed by atoms with Crippen LogP contribution in [0.1, 0.15) is 127 Å². The number of alkyl halides is 1. The number of thioether (sulfide) groups is 1. The Hall–Kier alpha value is -7.26. The van der Waals surface area contributed by atoms with Gasteiger partial charge in [-0.25, -0.2) is 24.1 Å². The van der Waals surface area contributed by atoms with Crippen LogP contribution in [0.4, 0.5) is 15.3 Å². The van der Waals surface area contributed by atoms with Crippen molar-refractivity contribution in [3.05, 3.63) is 142 Å². The van der Waals surface area contributed by atoms with E-state index in [1.807, 2.05) is 130 Å². The number of amides is 4. The summed E-state index contributed by atoms with van der Waals surface area (Å²) in [6.45, 7) is 9.25. The lowest BCUT2D eigenvalue weighted by Crippen LogP contribution is -2.61. The van der Waals surface area contributed by atoms with Crippen LogP contribution in [0.25, 0.3) is 31.8 Å². The van der Waals surface area contributed by atoms with E-state index >= 15 is 4.39 Å². The predicted molar refractivity (Wildman–Crippen MR) is 330 cm³/mol. The van der Waals surface area contributed by atoms with Crippen LogP contribution in [-0.4, -0.2) is 114 Å². The SMILES string of the molecule is Cc1ncsc1-c1ccc(CNC(=O)[C@@H]2C[C@@H](O)CN2C(=O)[C@@H](NC(=O)C2(F)CC2)C(C)(C)SCCCCCCCCCOc2cccc(-c3ccc(N4CCc5cccc(C(=O)Nc6nc7ccccc7s6)c5C4)nc3C(=O)O)c2C)cc1. The highest BCUT2D eigenvalue weighted by Gasteiger charge is 2.54. The number of likely N-dealkylation sites (tertiary alicyclic amines) is 1. The molecule has 4 aromatic carbocycles. The Kier molecular flexibility index (Phi) is 18.8. The quantitative estimate of drug-likeness (QED) is 0.0337. The molecule has 3 aliphatic rings. The van der Waals surface area contributed by atoms with Gasteiger partial charge in [0.05, 0.1) is 39.0 Å². The Labute approximate surface area is 501 Å². The number of nitrogens with zero attached hydrogens (tertiary/aromatic N) is 5. The topological polar surface area (TPSA) is 216 Å². The maximum atomic E-state index is 15.1. The monoisotopic (exact) mass is 1190 g/mol. The van der Waals surface area contributed by atoms with Gasteiger partial charge in [-0.2, -0.15) is 11.8 Å². The van der Waals surface area contributed by atoms with E-state index in [2.05, 4.69) is 25.9 Å². The van der Waals surface area contributed by atoms with Crippen LogP contribution in [0.2, 0.25) is 0 Å². The maximum Gasteiger partial charge on any atom is 0.355 e.